The minimum absolute atomic E-state index is 0.0148. The fraction of sp³-hybridized carbons (Fsp3) is 0.444. The largest absolute Gasteiger partial charge is 0.434 e. The van der Waals surface area contributed by atoms with Crippen molar-refractivity contribution in [2.75, 3.05) is 18.0 Å². The predicted molar refractivity (Wildman–Crippen MR) is 102 cm³/mol. The molecular formula is C18H18F3N7S. The third kappa shape index (κ3) is 3.76. The minimum atomic E-state index is -4.53. The van der Waals surface area contributed by atoms with Crippen LogP contribution in [-0.4, -0.2) is 50.1 Å². The second-order valence-electron chi connectivity index (χ2n) is 7.26. The van der Waals surface area contributed by atoms with Gasteiger partial charge in [-0.1, -0.05) is 11.8 Å². The number of anilines is 1. The summed E-state index contributed by atoms with van der Waals surface area (Å²) in [4.78, 5) is 22.1. The second kappa shape index (κ2) is 7.13. The Labute approximate surface area is 168 Å². The molecule has 3 aromatic heterocycles. The van der Waals surface area contributed by atoms with Gasteiger partial charge in [0.25, 0.3) is 0 Å². The number of fused-ring (bicyclic) bond motifs is 3. The van der Waals surface area contributed by atoms with Crippen LogP contribution in [-0.2, 0) is 6.18 Å². The molecule has 0 amide bonds. The summed E-state index contributed by atoms with van der Waals surface area (Å²) in [6.45, 7) is 1.75. The number of nitrogens with zero attached hydrogens (tertiary/aromatic N) is 5. The van der Waals surface area contributed by atoms with Gasteiger partial charge < -0.3 is 15.2 Å². The predicted octanol–water partition coefficient (Wildman–Crippen LogP) is 3.25. The summed E-state index contributed by atoms with van der Waals surface area (Å²) in [5.41, 5.74) is -0.0134. The molecule has 3 aromatic rings. The van der Waals surface area contributed by atoms with Crippen LogP contribution in [0.25, 0.3) is 11.3 Å². The summed E-state index contributed by atoms with van der Waals surface area (Å²) in [6, 6.07) is 3.86. The first kappa shape index (κ1) is 18.6. The lowest BCUT2D eigenvalue weighted by molar-refractivity contribution is -0.143. The summed E-state index contributed by atoms with van der Waals surface area (Å²) in [5.74, 6) is 0.703. The maximum absolute atomic E-state index is 13.2. The van der Waals surface area contributed by atoms with E-state index in [-0.39, 0.29) is 4.90 Å². The highest BCUT2D eigenvalue weighted by atomic mass is 32.2. The van der Waals surface area contributed by atoms with Crippen LogP contribution in [0.15, 0.2) is 34.4 Å². The lowest BCUT2D eigenvalue weighted by Crippen LogP contribution is -2.35. The molecule has 2 bridgehead atoms. The molecule has 2 N–H and O–H groups in total. The fourth-order valence-electron chi connectivity index (χ4n) is 3.90. The number of hydrogen-bond donors (Lipinski definition) is 2. The Morgan fingerprint density at radius 3 is 2.83 bits per heavy atom. The molecule has 5 rings (SSSR count). The Hall–Kier alpha value is -2.40. The smallest absolute Gasteiger partial charge is 0.341 e. The van der Waals surface area contributed by atoms with Crippen LogP contribution in [0.3, 0.4) is 0 Å². The summed E-state index contributed by atoms with van der Waals surface area (Å²) in [7, 11) is 0. The Balaban J connectivity index is 1.40. The molecule has 2 aliphatic rings. The van der Waals surface area contributed by atoms with E-state index in [0.29, 0.717) is 34.4 Å². The lowest BCUT2D eigenvalue weighted by Gasteiger charge is -2.23. The van der Waals surface area contributed by atoms with Gasteiger partial charge >= 0.3 is 6.18 Å². The zero-order chi connectivity index (χ0) is 20.0. The SMILES string of the molecule is FC(F)(F)c1ncccc1Sc1cnc2[nH]c(N3CCC4CCC(C3)N4)nc2n1. The third-order valence-electron chi connectivity index (χ3n) is 5.25. The van der Waals surface area contributed by atoms with E-state index >= 15 is 0 Å². The van der Waals surface area contributed by atoms with Gasteiger partial charge in [0, 0.05) is 36.3 Å². The van der Waals surface area contributed by atoms with Gasteiger partial charge in [0.15, 0.2) is 17.0 Å². The van der Waals surface area contributed by atoms with E-state index in [4.69, 9.17) is 0 Å². The van der Waals surface area contributed by atoms with Crippen molar-refractivity contribution < 1.29 is 13.2 Å². The molecule has 2 aliphatic heterocycles. The van der Waals surface area contributed by atoms with Crippen molar-refractivity contribution in [2.45, 2.75) is 47.4 Å². The van der Waals surface area contributed by atoms with Crippen molar-refractivity contribution in [2.24, 2.45) is 0 Å². The van der Waals surface area contributed by atoms with Gasteiger partial charge in [-0.25, -0.2) is 9.97 Å². The van der Waals surface area contributed by atoms with Crippen LogP contribution in [0.2, 0.25) is 0 Å². The Kier molecular flexibility index (Phi) is 4.58. The molecule has 11 heteroatoms. The van der Waals surface area contributed by atoms with Gasteiger partial charge in [-0.2, -0.15) is 18.2 Å². The van der Waals surface area contributed by atoms with E-state index in [9.17, 15) is 13.2 Å². The highest BCUT2D eigenvalue weighted by molar-refractivity contribution is 7.99. The van der Waals surface area contributed by atoms with Crippen LogP contribution < -0.4 is 10.2 Å². The molecule has 2 unspecified atom stereocenters. The van der Waals surface area contributed by atoms with E-state index in [1.807, 2.05) is 0 Å². The van der Waals surface area contributed by atoms with Crippen molar-refractivity contribution in [3.05, 3.63) is 30.2 Å². The monoisotopic (exact) mass is 421 g/mol. The summed E-state index contributed by atoms with van der Waals surface area (Å²) < 4.78 is 39.5. The van der Waals surface area contributed by atoms with Gasteiger partial charge in [0.05, 0.1) is 6.20 Å². The first-order valence-electron chi connectivity index (χ1n) is 9.39. The molecule has 0 aromatic carbocycles. The number of aromatic amines is 1. The number of nitrogens with one attached hydrogen (secondary N) is 2. The van der Waals surface area contributed by atoms with Gasteiger partial charge in [-0.05, 0) is 31.4 Å². The van der Waals surface area contributed by atoms with E-state index < -0.39 is 11.9 Å². The number of rotatable bonds is 3. The first-order valence-corrected chi connectivity index (χ1v) is 10.2. The van der Waals surface area contributed by atoms with E-state index in [2.05, 4.69) is 35.1 Å². The summed E-state index contributed by atoms with van der Waals surface area (Å²) in [5, 5.41) is 3.96. The number of aromatic nitrogens is 5. The highest BCUT2D eigenvalue weighted by Crippen LogP contribution is 2.37. The van der Waals surface area contributed by atoms with Gasteiger partial charge in [-0.3, -0.25) is 4.98 Å². The van der Waals surface area contributed by atoms with Crippen LogP contribution in [0, 0.1) is 0 Å². The number of imidazole rings is 1. The van der Waals surface area contributed by atoms with E-state index in [1.54, 1.807) is 0 Å². The van der Waals surface area contributed by atoms with Crippen molar-refractivity contribution >= 4 is 29.0 Å². The Morgan fingerprint density at radius 2 is 1.97 bits per heavy atom. The summed E-state index contributed by atoms with van der Waals surface area (Å²) in [6.07, 6.45) is 1.48. The zero-order valence-electron chi connectivity index (χ0n) is 15.3. The average molecular weight is 421 g/mol. The van der Waals surface area contributed by atoms with Gasteiger partial charge in [-0.15, -0.1) is 0 Å². The van der Waals surface area contributed by atoms with Crippen LogP contribution >= 0.6 is 11.8 Å². The molecule has 2 saturated heterocycles. The van der Waals surface area contributed by atoms with Crippen LogP contribution in [0.1, 0.15) is 25.0 Å². The maximum atomic E-state index is 13.2. The molecule has 29 heavy (non-hydrogen) atoms. The lowest BCUT2D eigenvalue weighted by atomic mass is 10.1. The molecule has 7 nitrogen and oxygen atoms in total. The molecule has 2 fully saturated rings. The van der Waals surface area contributed by atoms with E-state index in [0.717, 1.165) is 43.9 Å². The second-order valence-corrected chi connectivity index (χ2v) is 8.33. The molecule has 152 valence electrons. The van der Waals surface area contributed by atoms with Gasteiger partial charge in [0.1, 0.15) is 5.03 Å². The Bertz CT molecular complexity index is 1040. The molecular weight excluding hydrogens is 403 g/mol. The standard InChI is InChI=1S/C18H18F3N7S/c19-18(20,21)14-12(2-1-6-22-14)29-13-8-23-15-16(25-13)27-17(26-15)28-7-5-10-3-4-11(9-28)24-10/h1-2,6,8,10-11,24H,3-5,7,9H2,(H,23,25,26,27). The van der Waals surface area contributed by atoms with Crippen LogP contribution in [0.4, 0.5) is 19.1 Å². The molecule has 2 atom stereocenters. The number of H-pyrrole nitrogens is 1. The number of hydrogen-bond acceptors (Lipinski definition) is 7. The molecule has 5 heterocycles. The zero-order valence-corrected chi connectivity index (χ0v) is 16.1. The maximum Gasteiger partial charge on any atom is 0.434 e. The molecule has 0 aliphatic carbocycles. The van der Waals surface area contributed by atoms with Crippen molar-refractivity contribution in [1.82, 2.24) is 30.2 Å². The highest BCUT2D eigenvalue weighted by Gasteiger charge is 2.35. The summed E-state index contributed by atoms with van der Waals surface area (Å²) >= 11 is 0.880. The average Bonchev–Trinajstić information content (AvgIpc) is 3.24. The van der Waals surface area contributed by atoms with Crippen molar-refractivity contribution in [3.63, 3.8) is 0 Å². The topological polar surface area (TPSA) is 82.6 Å². The molecule has 0 radical (unpaired) electrons. The minimum Gasteiger partial charge on any atom is -0.341 e. The quantitative estimate of drug-likeness (QED) is 0.672. The van der Waals surface area contributed by atoms with Crippen molar-refractivity contribution in [3.8, 4) is 0 Å². The molecule has 0 saturated carbocycles. The van der Waals surface area contributed by atoms with Crippen LogP contribution in [0.5, 0.6) is 0 Å². The first-order chi connectivity index (χ1) is 14.0. The van der Waals surface area contributed by atoms with Crippen molar-refractivity contribution in [1.29, 1.82) is 0 Å². The number of halogens is 3. The molecule has 0 spiro atoms. The van der Waals surface area contributed by atoms with E-state index in [1.165, 1.54) is 24.8 Å². The third-order valence-corrected chi connectivity index (χ3v) is 6.21. The normalized spacial score (nSPS) is 22.2. The Morgan fingerprint density at radius 1 is 1.10 bits per heavy atom. The number of pyridine rings is 1. The number of alkyl halides is 3. The van der Waals surface area contributed by atoms with Gasteiger partial charge in [0.2, 0.25) is 5.95 Å². The fourth-order valence-corrected chi connectivity index (χ4v) is 4.77.